The standard InChI is InChI=1S/C25H28N4O4S/c1-17-3-2-4-18(13-17)23-27-28-24(34)29(23)10-7-22(30)26-15-25(8-11-31-12-9-25)19-5-6-20-21(14-19)33-16-32-20/h2-6,13-14H,7-12,15-16H2,1H3,(H,26,30)(H,28,34). The molecule has 5 rings (SSSR count). The van der Waals surface area contributed by atoms with Gasteiger partial charge in [0.1, 0.15) is 0 Å². The first kappa shape index (κ1) is 22.6. The van der Waals surface area contributed by atoms with Crippen molar-refractivity contribution in [3.05, 3.63) is 58.4 Å². The molecular formula is C25H28N4O4S. The van der Waals surface area contributed by atoms with E-state index < -0.39 is 0 Å². The molecule has 178 valence electrons. The largest absolute Gasteiger partial charge is 0.454 e. The zero-order chi connectivity index (χ0) is 23.5. The number of benzene rings is 2. The number of hydrogen-bond acceptors (Lipinski definition) is 6. The molecule has 1 saturated heterocycles. The Labute approximate surface area is 203 Å². The van der Waals surface area contributed by atoms with Crippen LogP contribution in [-0.4, -0.2) is 47.2 Å². The lowest BCUT2D eigenvalue weighted by atomic mass is 9.74. The first-order valence-electron chi connectivity index (χ1n) is 11.5. The molecular weight excluding hydrogens is 452 g/mol. The molecule has 0 unspecified atom stereocenters. The highest BCUT2D eigenvalue weighted by atomic mass is 32.1. The number of fused-ring (bicyclic) bond motifs is 1. The van der Waals surface area contributed by atoms with Crippen molar-refractivity contribution in [1.29, 1.82) is 0 Å². The summed E-state index contributed by atoms with van der Waals surface area (Å²) in [4.78, 5) is 12.9. The number of amides is 1. The van der Waals surface area contributed by atoms with E-state index in [9.17, 15) is 4.79 Å². The highest BCUT2D eigenvalue weighted by molar-refractivity contribution is 7.71. The maximum Gasteiger partial charge on any atom is 0.231 e. The fourth-order valence-electron chi connectivity index (χ4n) is 4.66. The number of carbonyl (C=O) groups is 1. The van der Waals surface area contributed by atoms with Crippen molar-refractivity contribution < 1.29 is 19.0 Å². The summed E-state index contributed by atoms with van der Waals surface area (Å²) in [5, 5.41) is 10.4. The van der Waals surface area contributed by atoms with Crippen molar-refractivity contribution in [3.63, 3.8) is 0 Å². The van der Waals surface area contributed by atoms with E-state index in [1.807, 2.05) is 41.8 Å². The third-order valence-electron chi connectivity index (χ3n) is 6.66. The number of hydrogen-bond donors (Lipinski definition) is 2. The van der Waals surface area contributed by atoms with Gasteiger partial charge >= 0.3 is 0 Å². The molecule has 0 bridgehead atoms. The van der Waals surface area contributed by atoms with Crippen LogP contribution >= 0.6 is 12.2 Å². The molecule has 1 amide bonds. The summed E-state index contributed by atoms with van der Waals surface area (Å²) < 4.78 is 19.1. The van der Waals surface area contributed by atoms with Gasteiger partial charge in [0, 0.05) is 43.7 Å². The number of rotatable bonds is 7. The molecule has 0 saturated carbocycles. The molecule has 3 heterocycles. The Hall–Kier alpha value is -3.17. The fourth-order valence-corrected chi connectivity index (χ4v) is 4.88. The Bertz CT molecular complexity index is 1250. The van der Waals surface area contributed by atoms with Gasteiger partial charge in [-0.2, -0.15) is 5.10 Å². The molecule has 1 aromatic heterocycles. The van der Waals surface area contributed by atoms with Gasteiger partial charge in [-0.25, -0.2) is 0 Å². The lowest BCUT2D eigenvalue weighted by Crippen LogP contribution is -2.44. The maximum absolute atomic E-state index is 12.9. The highest BCUT2D eigenvalue weighted by Gasteiger charge is 2.36. The van der Waals surface area contributed by atoms with E-state index >= 15 is 0 Å². The van der Waals surface area contributed by atoms with Gasteiger partial charge in [-0.05, 0) is 55.7 Å². The van der Waals surface area contributed by atoms with E-state index in [1.165, 1.54) is 0 Å². The number of H-pyrrole nitrogens is 1. The van der Waals surface area contributed by atoms with E-state index in [2.05, 4.69) is 27.6 Å². The molecule has 34 heavy (non-hydrogen) atoms. The quantitative estimate of drug-likeness (QED) is 0.499. The Morgan fingerprint density at radius 1 is 1.18 bits per heavy atom. The van der Waals surface area contributed by atoms with E-state index in [4.69, 9.17) is 26.4 Å². The van der Waals surface area contributed by atoms with Crippen LogP contribution in [0, 0.1) is 11.7 Å². The number of carbonyl (C=O) groups excluding carboxylic acids is 1. The van der Waals surface area contributed by atoms with Crippen LogP contribution in [0.25, 0.3) is 11.4 Å². The van der Waals surface area contributed by atoms with Gasteiger partial charge in [-0.1, -0.05) is 29.8 Å². The second kappa shape index (κ2) is 9.60. The number of aryl methyl sites for hydroxylation is 1. The van der Waals surface area contributed by atoms with E-state index in [0.717, 1.165) is 46.9 Å². The normalized spacial score (nSPS) is 16.4. The molecule has 2 aromatic carbocycles. The van der Waals surface area contributed by atoms with Crippen molar-refractivity contribution in [2.24, 2.45) is 0 Å². The molecule has 2 aliphatic rings. The SMILES string of the molecule is Cc1cccc(-c2n[nH]c(=S)n2CCC(=O)NCC2(c3ccc4c(c3)OCO4)CCOCC2)c1. The van der Waals surface area contributed by atoms with Crippen LogP contribution in [0.15, 0.2) is 42.5 Å². The van der Waals surface area contributed by atoms with Gasteiger partial charge < -0.3 is 19.5 Å². The second-order valence-electron chi connectivity index (χ2n) is 8.86. The van der Waals surface area contributed by atoms with Gasteiger partial charge in [0.25, 0.3) is 0 Å². The summed E-state index contributed by atoms with van der Waals surface area (Å²) in [7, 11) is 0. The van der Waals surface area contributed by atoms with Crippen LogP contribution < -0.4 is 14.8 Å². The number of nitrogens with one attached hydrogen (secondary N) is 2. The summed E-state index contributed by atoms with van der Waals surface area (Å²) in [6.45, 7) is 4.59. The molecule has 9 heteroatoms. The fraction of sp³-hybridized carbons (Fsp3) is 0.400. The molecule has 0 aliphatic carbocycles. The number of aromatic nitrogens is 3. The molecule has 2 aliphatic heterocycles. The van der Waals surface area contributed by atoms with Crippen LogP contribution in [0.2, 0.25) is 0 Å². The number of nitrogens with zero attached hydrogens (tertiary/aromatic N) is 2. The second-order valence-corrected chi connectivity index (χ2v) is 9.25. The summed E-state index contributed by atoms with van der Waals surface area (Å²) in [5.41, 5.74) is 3.05. The predicted molar refractivity (Wildman–Crippen MR) is 130 cm³/mol. The maximum atomic E-state index is 12.9. The first-order valence-corrected chi connectivity index (χ1v) is 11.9. The Morgan fingerprint density at radius 2 is 2.00 bits per heavy atom. The van der Waals surface area contributed by atoms with Crippen LogP contribution in [0.3, 0.4) is 0 Å². The van der Waals surface area contributed by atoms with E-state index in [0.29, 0.717) is 37.5 Å². The highest BCUT2D eigenvalue weighted by Crippen LogP contribution is 2.40. The lowest BCUT2D eigenvalue weighted by Gasteiger charge is -2.38. The molecule has 0 spiro atoms. The van der Waals surface area contributed by atoms with Gasteiger partial charge in [-0.3, -0.25) is 14.5 Å². The predicted octanol–water partition coefficient (Wildman–Crippen LogP) is 3.90. The van der Waals surface area contributed by atoms with Crippen LogP contribution in [0.4, 0.5) is 0 Å². The van der Waals surface area contributed by atoms with Gasteiger partial charge in [0.05, 0.1) is 0 Å². The minimum absolute atomic E-state index is 0.0232. The average Bonchev–Trinajstić information content (AvgIpc) is 3.48. The Balaban J connectivity index is 1.27. The van der Waals surface area contributed by atoms with Crippen molar-refractivity contribution in [1.82, 2.24) is 20.1 Å². The summed E-state index contributed by atoms with van der Waals surface area (Å²) in [6, 6.07) is 14.1. The summed E-state index contributed by atoms with van der Waals surface area (Å²) >= 11 is 5.42. The first-order chi connectivity index (χ1) is 16.5. The molecule has 0 atom stereocenters. The third-order valence-corrected chi connectivity index (χ3v) is 6.97. The van der Waals surface area contributed by atoms with Gasteiger partial charge in [0.2, 0.25) is 12.7 Å². The third kappa shape index (κ3) is 4.58. The summed E-state index contributed by atoms with van der Waals surface area (Å²) in [5.74, 6) is 2.23. The zero-order valence-corrected chi connectivity index (χ0v) is 20.0. The van der Waals surface area contributed by atoms with Crippen molar-refractivity contribution >= 4 is 18.1 Å². The minimum atomic E-state index is -0.201. The smallest absolute Gasteiger partial charge is 0.231 e. The Morgan fingerprint density at radius 3 is 2.82 bits per heavy atom. The van der Waals surface area contributed by atoms with Gasteiger partial charge in [0.15, 0.2) is 22.1 Å². The monoisotopic (exact) mass is 480 g/mol. The number of aromatic amines is 1. The van der Waals surface area contributed by atoms with Crippen LogP contribution in [0.5, 0.6) is 11.5 Å². The van der Waals surface area contributed by atoms with E-state index in [-0.39, 0.29) is 18.1 Å². The zero-order valence-electron chi connectivity index (χ0n) is 19.1. The topological polar surface area (TPSA) is 90.4 Å². The van der Waals surface area contributed by atoms with Crippen molar-refractivity contribution in [3.8, 4) is 22.9 Å². The van der Waals surface area contributed by atoms with Crippen LogP contribution in [0.1, 0.15) is 30.4 Å². The van der Waals surface area contributed by atoms with Crippen molar-refractivity contribution in [2.45, 2.75) is 38.1 Å². The molecule has 8 nitrogen and oxygen atoms in total. The Kier molecular flexibility index (Phi) is 6.38. The van der Waals surface area contributed by atoms with Crippen molar-refractivity contribution in [2.75, 3.05) is 26.6 Å². The van der Waals surface area contributed by atoms with Crippen LogP contribution in [-0.2, 0) is 21.5 Å². The molecule has 1 fully saturated rings. The summed E-state index contributed by atoms with van der Waals surface area (Å²) in [6.07, 6.45) is 1.97. The lowest BCUT2D eigenvalue weighted by molar-refractivity contribution is -0.121. The molecule has 2 N–H and O–H groups in total. The minimum Gasteiger partial charge on any atom is -0.454 e. The molecule has 3 aromatic rings. The average molecular weight is 481 g/mol. The molecule has 0 radical (unpaired) electrons. The van der Waals surface area contributed by atoms with Gasteiger partial charge in [-0.15, -0.1) is 0 Å². The number of ether oxygens (including phenoxy) is 3. The van der Waals surface area contributed by atoms with E-state index in [1.54, 1.807) is 0 Å².